The van der Waals surface area contributed by atoms with Crippen LogP contribution in [0.5, 0.6) is 5.75 Å². The van der Waals surface area contributed by atoms with Crippen LogP contribution in [0.4, 0.5) is 17.1 Å². The predicted molar refractivity (Wildman–Crippen MR) is 93.7 cm³/mol. The molecule has 0 amide bonds. The van der Waals surface area contributed by atoms with E-state index >= 15 is 0 Å². The Balaban J connectivity index is 2.43. The monoisotopic (exact) mass is 309 g/mol. The smallest absolute Gasteiger partial charge is 0.191 e. The van der Waals surface area contributed by atoms with Gasteiger partial charge in [0.05, 0.1) is 5.69 Å². The summed E-state index contributed by atoms with van der Waals surface area (Å²) in [6.45, 7) is 5.72. The number of nitrogens with zero attached hydrogens (tertiary/aromatic N) is 3. The minimum Gasteiger partial charge on any atom is -0.506 e. The first-order valence-electron chi connectivity index (χ1n) is 7.13. The number of hydrogen-bond acceptors (Lipinski definition) is 4. The Labute approximate surface area is 134 Å². The number of hydrogen-bond donors (Lipinski definition) is 3. The van der Waals surface area contributed by atoms with E-state index in [1.807, 2.05) is 19.1 Å². The van der Waals surface area contributed by atoms with Gasteiger partial charge in [0.25, 0.3) is 0 Å². The van der Waals surface area contributed by atoms with Crippen LogP contribution in [-0.2, 0) is 6.42 Å². The topological polar surface area (TPSA) is 109 Å². The number of benzene rings is 2. The van der Waals surface area contributed by atoms with Crippen molar-refractivity contribution >= 4 is 29.1 Å². The average molecular weight is 309 g/mol. The van der Waals surface area contributed by atoms with Gasteiger partial charge in [-0.3, -0.25) is 0 Å². The van der Waals surface area contributed by atoms with Crippen LogP contribution in [0.3, 0.4) is 0 Å². The molecule has 0 atom stereocenters. The molecule has 0 aliphatic carbocycles. The van der Waals surface area contributed by atoms with Gasteiger partial charge in [0.1, 0.15) is 17.1 Å². The van der Waals surface area contributed by atoms with E-state index in [0.29, 0.717) is 17.1 Å². The molecular formula is C17H19N5O. The van der Waals surface area contributed by atoms with Gasteiger partial charge in [-0.25, -0.2) is 4.99 Å². The molecular weight excluding hydrogens is 290 g/mol. The summed E-state index contributed by atoms with van der Waals surface area (Å²) in [5.41, 5.74) is 14.2. The second-order valence-corrected chi connectivity index (χ2v) is 4.87. The Morgan fingerprint density at radius 1 is 1.09 bits per heavy atom. The molecule has 2 rings (SSSR count). The third kappa shape index (κ3) is 4.16. The maximum absolute atomic E-state index is 9.85. The number of phenols is 1. The SMILES string of the molecule is C=Cc1ccc(O)c(N=Nc2ccc(CC)cc2N=C(N)N)c1. The molecule has 5 N–H and O–H groups in total. The first kappa shape index (κ1) is 16.2. The second kappa shape index (κ2) is 7.22. The molecule has 0 aromatic heterocycles. The van der Waals surface area contributed by atoms with Gasteiger partial charge in [0.15, 0.2) is 5.96 Å². The molecule has 2 aromatic carbocycles. The zero-order chi connectivity index (χ0) is 16.8. The lowest BCUT2D eigenvalue weighted by atomic mass is 10.1. The highest BCUT2D eigenvalue weighted by atomic mass is 16.3. The summed E-state index contributed by atoms with van der Waals surface area (Å²) >= 11 is 0. The fourth-order valence-electron chi connectivity index (χ4n) is 1.96. The van der Waals surface area contributed by atoms with Crippen molar-refractivity contribution in [2.24, 2.45) is 26.7 Å². The molecule has 0 aliphatic rings. The molecule has 0 radical (unpaired) electrons. The Bertz CT molecular complexity index is 777. The molecule has 23 heavy (non-hydrogen) atoms. The van der Waals surface area contributed by atoms with Crippen molar-refractivity contribution in [2.45, 2.75) is 13.3 Å². The molecule has 0 saturated carbocycles. The van der Waals surface area contributed by atoms with Gasteiger partial charge in [0.2, 0.25) is 0 Å². The van der Waals surface area contributed by atoms with Crippen molar-refractivity contribution < 1.29 is 5.11 Å². The van der Waals surface area contributed by atoms with E-state index < -0.39 is 0 Å². The van der Waals surface area contributed by atoms with E-state index in [0.717, 1.165) is 17.5 Å². The van der Waals surface area contributed by atoms with Crippen LogP contribution in [-0.4, -0.2) is 11.1 Å². The number of nitrogens with two attached hydrogens (primary N) is 2. The fraction of sp³-hybridized carbons (Fsp3) is 0.118. The molecule has 0 heterocycles. The van der Waals surface area contributed by atoms with Crippen LogP contribution in [0.15, 0.2) is 58.2 Å². The van der Waals surface area contributed by atoms with Crippen molar-refractivity contribution in [1.82, 2.24) is 0 Å². The molecule has 6 heteroatoms. The number of rotatable bonds is 5. The number of guanidine groups is 1. The lowest BCUT2D eigenvalue weighted by Gasteiger charge is -2.04. The summed E-state index contributed by atoms with van der Waals surface area (Å²) in [4.78, 5) is 4.08. The third-order valence-electron chi connectivity index (χ3n) is 3.20. The van der Waals surface area contributed by atoms with E-state index in [-0.39, 0.29) is 11.7 Å². The van der Waals surface area contributed by atoms with Gasteiger partial charge in [-0.1, -0.05) is 31.7 Å². The lowest BCUT2D eigenvalue weighted by molar-refractivity contribution is 0.476. The van der Waals surface area contributed by atoms with E-state index in [4.69, 9.17) is 11.5 Å². The molecule has 2 aromatic rings. The van der Waals surface area contributed by atoms with Crippen molar-refractivity contribution in [1.29, 1.82) is 0 Å². The minimum absolute atomic E-state index is 0.0351. The first-order chi connectivity index (χ1) is 11.0. The Morgan fingerprint density at radius 3 is 2.48 bits per heavy atom. The predicted octanol–water partition coefficient (Wildman–Crippen LogP) is 3.92. The Kier molecular flexibility index (Phi) is 5.09. The molecule has 0 fully saturated rings. The fourth-order valence-corrected chi connectivity index (χ4v) is 1.96. The number of aliphatic imine (C=N–C) groups is 1. The van der Waals surface area contributed by atoms with Gasteiger partial charge in [0, 0.05) is 0 Å². The summed E-state index contributed by atoms with van der Waals surface area (Å²) in [5.74, 6) is -0.0147. The van der Waals surface area contributed by atoms with Gasteiger partial charge in [-0.15, -0.1) is 10.2 Å². The molecule has 0 aliphatic heterocycles. The van der Waals surface area contributed by atoms with Crippen molar-refractivity contribution in [3.05, 3.63) is 54.1 Å². The highest BCUT2D eigenvalue weighted by Crippen LogP contribution is 2.33. The summed E-state index contributed by atoms with van der Waals surface area (Å²) in [5, 5.41) is 18.1. The zero-order valence-electron chi connectivity index (χ0n) is 12.9. The van der Waals surface area contributed by atoms with Crippen LogP contribution in [0.25, 0.3) is 6.08 Å². The number of aryl methyl sites for hydroxylation is 1. The zero-order valence-corrected chi connectivity index (χ0v) is 12.9. The van der Waals surface area contributed by atoms with E-state index in [2.05, 4.69) is 21.8 Å². The average Bonchev–Trinajstić information content (AvgIpc) is 2.54. The van der Waals surface area contributed by atoms with E-state index in [1.54, 1.807) is 30.3 Å². The van der Waals surface area contributed by atoms with Gasteiger partial charge in [-0.2, -0.15) is 0 Å². The molecule has 0 bridgehead atoms. The summed E-state index contributed by atoms with van der Waals surface area (Å²) < 4.78 is 0. The van der Waals surface area contributed by atoms with Crippen LogP contribution >= 0.6 is 0 Å². The maximum atomic E-state index is 9.85. The minimum atomic E-state index is -0.0498. The molecule has 0 spiro atoms. The highest BCUT2D eigenvalue weighted by Gasteiger charge is 2.04. The Morgan fingerprint density at radius 2 is 1.83 bits per heavy atom. The van der Waals surface area contributed by atoms with Gasteiger partial charge < -0.3 is 16.6 Å². The Hall–Kier alpha value is -3.15. The van der Waals surface area contributed by atoms with Gasteiger partial charge >= 0.3 is 0 Å². The molecule has 6 nitrogen and oxygen atoms in total. The summed E-state index contributed by atoms with van der Waals surface area (Å²) in [7, 11) is 0. The van der Waals surface area contributed by atoms with Crippen LogP contribution in [0.2, 0.25) is 0 Å². The quantitative estimate of drug-likeness (QED) is 0.442. The maximum Gasteiger partial charge on any atom is 0.191 e. The largest absolute Gasteiger partial charge is 0.506 e. The van der Waals surface area contributed by atoms with E-state index in [1.165, 1.54) is 0 Å². The third-order valence-corrected chi connectivity index (χ3v) is 3.20. The number of phenolic OH excluding ortho intramolecular Hbond substituents is 1. The van der Waals surface area contributed by atoms with Gasteiger partial charge in [-0.05, 0) is 41.8 Å². The van der Waals surface area contributed by atoms with E-state index in [9.17, 15) is 5.11 Å². The van der Waals surface area contributed by atoms with Crippen LogP contribution in [0.1, 0.15) is 18.1 Å². The van der Waals surface area contributed by atoms with Crippen molar-refractivity contribution in [2.75, 3.05) is 0 Å². The molecule has 0 saturated heterocycles. The number of azo groups is 1. The highest BCUT2D eigenvalue weighted by molar-refractivity contribution is 5.81. The van der Waals surface area contributed by atoms with Crippen LogP contribution < -0.4 is 11.5 Å². The normalized spacial score (nSPS) is 10.7. The first-order valence-corrected chi connectivity index (χ1v) is 7.13. The molecule has 118 valence electrons. The molecule has 0 unspecified atom stereocenters. The number of aromatic hydroxyl groups is 1. The van der Waals surface area contributed by atoms with Crippen LogP contribution in [0, 0.1) is 0 Å². The summed E-state index contributed by atoms with van der Waals surface area (Å²) in [6.07, 6.45) is 2.52. The second-order valence-electron chi connectivity index (χ2n) is 4.87. The summed E-state index contributed by atoms with van der Waals surface area (Å²) in [6, 6.07) is 10.5. The lowest BCUT2D eigenvalue weighted by Crippen LogP contribution is -2.21. The van der Waals surface area contributed by atoms with Crippen molar-refractivity contribution in [3.63, 3.8) is 0 Å². The van der Waals surface area contributed by atoms with Crippen molar-refractivity contribution in [3.8, 4) is 5.75 Å². The standard InChI is InChI=1S/C17H19N5O/c1-3-11-5-7-13(14(9-11)20-17(18)19)21-22-15-10-12(4-2)6-8-16(15)23/h4-10,23H,2-3H2,1H3,(H4,18,19,20).